The molecule has 0 aromatic carbocycles. The Hall–Kier alpha value is -1.56. The van der Waals surface area contributed by atoms with E-state index in [9.17, 15) is 0 Å². The summed E-state index contributed by atoms with van der Waals surface area (Å²) in [6.45, 7) is 0.531. The summed E-state index contributed by atoms with van der Waals surface area (Å²) < 4.78 is 0. The van der Waals surface area contributed by atoms with E-state index >= 15 is 0 Å². The summed E-state index contributed by atoms with van der Waals surface area (Å²) in [5.41, 5.74) is 2.42. The molecule has 0 fully saturated rings. The van der Waals surface area contributed by atoms with Gasteiger partial charge in [-0.2, -0.15) is 0 Å². The predicted octanol–water partition coefficient (Wildman–Crippen LogP) is 1.01. The second-order valence-corrected chi connectivity index (χ2v) is 3.06. The van der Waals surface area contributed by atoms with E-state index in [-0.39, 0.29) is 0 Å². The fraction of sp³-hybridized carbons (Fsp3) is 0.400. The van der Waals surface area contributed by atoms with Gasteiger partial charge < -0.3 is 5.32 Å². The van der Waals surface area contributed by atoms with Gasteiger partial charge in [-0.3, -0.25) is 0 Å². The monoisotopic (exact) mass is 173 g/mol. The molecule has 1 aliphatic rings. The first kappa shape index (κ1) is 8.06. The molecule has 2 rings (SSSR count). The largest absolute Gasteiger partial charge is 0.359 e. The first-order valence-corrected chi connectivity index (χ1v) is 4.42. The molecule has 1 aromatic rings. The highest BCUT2D eigenvalue weighted by atomic mass is 15.0. The van der Waals surface area contributed by atoms with Crippen LogP contribution >= 0.6 is 0 Å². The molecule has 0 radical (unpaired) electrons. The molecule has 0 saturated heterocycles. The number of aromatic nitrogens is 2. The summed E-state index contributed by atoms with van der Waals surface area (Å²) in [5, 5.41) is 3.11. The number of fused-ring (bicyclic) bond motifs is 1. The molecule has 0 aliphatic heterocycles. The molecule has 3 heteroatoms. The Morgan fingerprint density at radius 1 is 1.46 bits per heavy atom. The number of rotatable bonds is 2. The molecule has 0 saturated carbocycles. The summed E-state index contributed by atoms with van der Waals surface area (Å²) in [7, 11) is 0. The molecule has 1 aromatic heterocycles. The second-order valence-electron chi connectivity index (χ2n) is 3.06. The standard InChI is InChI=1S/C10H11N3/c1-2-6-11-10-8-4-3-5-9(8)12-7-13-10/h1,7H,3-6H2,(H,11,12,13). The zero-order chi connectivity index (χ0) is 9.10. The third-order valence-corrected chi connectivity index (χ3v) is 2.23. The Morgan fingerprint density at radius 2 is 2.38 bits per heavy atom. The number of hydrogen-bond donors (Lipinski definition) is 1. The molecular weight excluding hydrogens is 162 g/mol. The van der Waals surface area contributed by atoms with E-state index in [0.717, 1.165) is 18.7 Å². The molecule has 66 valence electrons. The van der Waals surface area contributed by atoms with Crippen molar-refractivity contribution in [3.8, 4) is 12.3 Å². The Kier molecular flexibility index (Phi) is 2.13. The van der Waals surface area contributed by atoms with E-state index in [1.54, 1.807) is 6.33 Å². The minimum absolute atomic E-state index is 0.531. The van der Waals surface area contributed by atoms with Crippen LogP contribution in [0.5, 0.6) is 0 Å². The van der Waals surface area contributed by atoms with Gasteiger partial charge >= 0.3 is 0 Å². The average molecular weight is 173 g/mol. The number of terminal acetylenes is 1. The quantitative estimate of drug-likeness (QED) is 0.678. The van der Waals surface area contributed by atoms with E-state index in [0.29, 0.717) is 6.54 Å². The lowest BCUT2D eigenvalue weighted by Crippen LogP contribution is -2.05. The van der Waals surface area contributed by atoms with Crippen LogP contribution in [0.1, 0.15) is 17.7 Å². The predicted molar refractivity (Wildman–Crippen MR) is 51.4 cm³/mol. The first-order chi connectivity index (χ1) is 6.42. The Balaban J connectivity index is 2.26. The highest BCUT2D eigenvalue weighted by Gasteiger charge is 2.16. The van der Waals surface area contributed by atoms with Crippen molar-refractivity contribution in [3.05, 3.63) is 17.6 Å². The van der Waals surface area contributed by atoms with Crippen LogP contribution in [-0.4, -0.2) is 16.5 Å². The van der Waals surface area contributed by atoms with Crippen molar-refractivity contribution < 1.29 is 0 Å². The van der Waals surface area contributed by atoms with E-state index in [2.05, 4.69) is 21.2 Å². The van der Waals surface area contributed by atoms with Gasteiger partial charge in [-0.25, -0.2) is 9.97 Å². The summed E-state index contributed by atoms with van der Waals surface area (Å²) in [5.74, 6) is 3.45. The van der Waals surface area contributed by atoms with Gasteiger partial charge in [-0.15, -0.1) is 6.42 Å². The molecule has 0 atom stereocenters. The van der Waals surface area contributed by atoms with Gasteiger partial charge in [-0.05, 0) is 19.3 Å². The lowest BCUT2D eigenvalue weighted by atomic mass is 10.2. The number of nitrogens with one attached hydrogen (secondary N) is 1. The van der Waals surface area contributed by atoms with Crippen LogP contribution in [0.2, 0.25) is 0 Å². The maximum Gasteiger partial charge on any atom is 0.133 e. The van der Waals surface area contributed by atoms with Crippen molar-refractivity contribution in [1.82, 2.24) is 9.97 Å². The molecule has 1 N–H and O–H groups in total. The Bertz CT molecular complexity index is 352. The van der Waals surface area contributed by atoms with Gasteiger partial charge in [0.2, 0.25) is 0 Å². The second kappa shape index (κ2) is 3.44. The van der Waals surface area contributed by atoms with Crippen molar-refractivity contribution in [3.63, 3.8) is 0 Å². The SMILES string of the molecule is C#CCNc1ncnc2c1CCC2. The smallest absolute Gasteiger partial charge is 0.133 e. The third-order valence-electron chi connectivity index (χ3n) is 2.23. The number of aryl methyl sites for hydroxylation is 1. The van der Waals surface area contributed by atoms with Gasteiger partial charge in [-0.1, -0.05) is 5.92 Å². The average Bonchev–Trinajstić information content (AvgIpc) is 2.62. The molecular formula is C10H11N3. The van der Waals surface area contributed by atoms with Crippen LogP contribution in [0.25, 0.3) is 0 Å². The van der Waals surface area contributed by atoms with Gasteiger partial charge in [0.1, 0.15) is 12.1 Å². The maximum absolute atomic E-state index is 5.17. The number of hydrogen-bond acceptors (Lipinski definition) is 3. The Labute approximate surface area is 77.6 Å². The van der Waals surface area contributed by atoms with Crippen molar-refractivity contribution in [2.75, 3.05) is 11.9 Å². The summed E-state index contributed by atoms with van der Waals surface area (Å²) >= 11 is 0. The van der Waals surface area contributed by atoms with Crippen LogP contribution in [0.3, 0.4) is 0 Å². The fourth-order valence-electron chi connectivity index (χ4n) is 1.65. The van der Waals surface area contributed by atoms with Gasteiger partial charge in [0.05, 0.1) is 6.54 Å². The summed E-state index contributed by atoms with van der Waals surface area (Å²) in [4.78, 5) is 8.40. The van der Waals surface area contributed by atoms with Crippen LogP contribution in [0, 0.1) is 12.3 Å². The van der Waals surface area contributed by atoms with Gasteiger partial charge in [0, 0.05) is 11.3 Å². The van der Waals surface area contributed by atoms with Crippen molar-refractivity contribution >= 4 is 5.82 Å². The zero-order valence-electron chi connectivity index (χ0n) is 7.38. The van der Waals surface area contributed by atoms with Crippen LogP contribution in [0.15, 0.2) is 6.33 Å². The molecule has 0 amide bonds. The minimum Gasteiger partial charge on any atom is -0.359 e. The molecule has 0 unspecified atom stereocenters. The summed E-state index contributed by atoms with van der Waals surface area (Å²) in [6.07, 6.45) is 10.1. The van der Waals surface area contributed by atoms with Gasteiger partial charge in [0.15, 0.2) is 0 Å². The molecule has 0 spiro atoms. The van der Waals surface area contributed by atoms with Crippen molar-refractivity contribution in [2.45, 2.75) is 19.3 Å². The normalized spacial score (nSPS) is 13.5. The molecule has 1 heterocycles. The van der Waals surface area contributed by atoms with E-state index in [1.807, 2.05) is 0 Å². The van der Waals surface area contributed by atoms with Crippen LogP contribution in [-0.2, 0) is 12.8 Å². The van der Waals surface area contributed by atoms with Crippen LogP contribution in [0.4, 0.5) is 5.82 Å². The lowest BCUT2D eigenvalue weighted by molar-refractivity contribution is 0.899. The summed E-state index contributed by atoms with van der Waals surface area (Å²) in [6, 6.07) is 0. The molecule has 0 bridgehead atoms. The van der Waals surface area contributed by atoms with E-state index in [4.69, 9.17) is 6.42 Å². The Morgan fingerprint density at radius 3 is 3.23 bits per heavy atom. The highest BCUT2D eigenvalue weighted by Crippen LogP contribution is 2.24. The van der Waals surface area contributed by atoms with E-state index in [1.165, 1.54) is 17.7 Å². The van der Waals surface area contributed by atoms with Crippen molar-refractivity contribution in [2.24, 2.45) is 0 Å². The van der Waals surface area contributed by atoms with E-state index < -0.39 is 0 Å². The minimum atomic E-state index is 0.531. The zero-order valence-corrected chi connectivity index (χ0v) is 7.38. The van der Waals surface area contributed by atoms with Crippen molar-refractivity contribution in [1.29, 1.82) is 0 Å². The molecule has 1 aliphatic carbocycles. The maximum atomic E-state index is 5.17. The third kappa shape index (κ3) is 1.48. The number of anilines is 1. The topological polar surface area (TPSA) is 37.8 Å². The van der Waals surface area contributed by atoms with Gasteiger partial charge in [0.25, 0.3) is 0 Å². The molecule has 13 heavy (non-hydrogen) atoms. The number of nitrogens with zero attached hydrogens (tertiary/aromatic N) is 2. The van der Waals surface area contributed by atoms with Crippen LogP contribution < -0.4 is 5.32 Å². The molecule has 3 nitrogen and oxygen atoms in total. The first-order valence-electron chi connectivity index (χ1n) is 4.42. The lowest BCUT2D eigenvalue weighted by Gasteiger charge is -2.05. The fourth-order valence-corrected chi connectivity index (χ4v) is 1.65. The highest BCUT2D eigenvalue weighted by molar-refractivity contribution is 5.48.